The van der Waals surface area contributed by atoms with E-state index in [9.17, 15) is 0 Å². The van der Waals surface area contributed by atoms with Gasteiger partial charge < -0.3 is 15.1 Å². The standard InChI is InChI=1S/C18H26N6S/c1-3-19-18(21-9-7-17-22-14-15(2)25-17)24-12-10-23(11-13-24)16-6-4-5-8-20-16/h4-6,8,14H,3,7,9-13H2,1-2H3,(H,19,21). The van der Waals surface area contributed by atoms with Crippen molar-refractivity contribution < 1.29 is 0 Å². The molecule has 1 saturated heterocycles. The number of nitrogens with zero attached hydrogens (tertiary/aromatic N) is 5. The third-order valence-electron chi connectivity index (χ3n) is 4.14. The average molecular weight is 359 g/mol. The highest BCUT2D eigenvalue weighted by Crippen LogP contribution is 2.13. The fourth-order valence-corrected chi connectivity index (χ4v) is 3.66. The molecule has 6 nitrogen and oxygen atoms in total. The van der Waals surface area contributed by atoms with E-state index in [1.807, 2.05) is 24.5 Å². The Morgan fingerprint density at radius 2 is 2.08 bits per heavy atom. The van der Waals surface area contributed by atoms with Gasteiger partial charge in [-0.05, 0) is 26.0 Å². The minimum Gasteiger partial charge on any atom is -0.357 e. The molecule has 134 valence electrons. The summed E-state index contributed by atoms with van der Waals surface area (Å²) < 4.78 is 0. The number of hydrogen-bond donors (Lipinski definition) is 1. The van der Waals surface area contributed by atoms with Crippen molar-refractivity contribution in [3.63, 3.8) is 0 Å². The topological polar surface area (TPSA) is 56.7 Å². The van der Waals surface area contributed by atoms with Gasteiger partial charge in [0.2, 0.25) is 0 Å². The minimum absolute atomic E-state index is 0.774. The predicted octanol–water partition coefficient (Wildman–Crippen LogP) is 2.18. The molecule has 3 rings (SSSR count). The molecular formula is C18H26N6S. The van der Waals surface area contributed by atoms with Crippen molar-refractivity contribution in [2.45, 2.75) is 20.3 Å². The zero-order valence-corrected chi connectivity index (χ0v) is 15.8. The molecule has 1 N–H and O–H groups in total. The third kappa shape index (κ3) is 4.92. The lowest BCUT2D eigenvalue weighted by molar-refractivity contribution is 0.371. The summed E-state index contributed by atoms with van der Waals surface area (Å²) in [6.07, 6.45) is 4.70. The number of anilines is 1. The first-order chi connectivity index (χ1) is 12.3. The van der Waals surface area contributed by atoms with Gasteiger partial charge in [-0.3, -0.25) is 4.99 Å². The van der Waals surface area contributed by atoms with Crippen LogP contribution < -0.4 is 10.2 Å². The van der Waals surface area contributed by atoms with E-state index in [-0.39, 0.29) is 0 Å². The van der Waals surface area contributed by atoms with E-state index in [1.54, 1.807) is 11.3 Å². The van der Waals surface area contributed by atoms with Crippen molar-refractivity contribution in [3.8, 4) is 0 Å². The fraction of sp³-hybridized carbons (Fsp3) is 0.500. The molecule has 0 bridgehead atoms. The average Bonchev–Trinajstić information content (AvgIpc) is 3.07. The van der Waals surface area contributed by atoms with Crippen molar-refractivity contribution in [1.82, 2.24) is 20.2 Å². The fourth-order valence-electron chi connectivity index (χ4n) is 2.89. The Hall–Kier alpha value is -2.15. The van der Waals surface area contributed by atoms with E-state index in [4.69, 9.17) is 4.99 Å². The number of pyridine rings is 1. The maximum Gasteiger partial charge on any atom is 0.194 e. The molecule has 0 aliphatic carbocycles. The zero-order valence-electron chi connectivity index (χ0n) is 15.0. The molecule has 0 amide bonds. The Balaban J connectivity index is 1.55. The maximum absolute atomic E-state index is 4.80. The van der Waals surface area contributed by atoms with Gasteiger partial charge in [0.25, 0.3) is 0 Å². The molecular weight excluding hydrogens is 332 g/mol. The Labute approximate surface area is 153 Å². The lowest BCUT2D eigenvalue weighted by Crippen LogP contribution is -2.52. The van der Waals surface area contributed by atoms with Gasteiger partial charge in [-0.2, -0.15) is 0 Å². The highest BCUT2D eigenvalue weighted by molar-refractivity contribution is 7.11. The number of rotatable bonds is 5. The van der Waals surface area contributed by atoms with Crippen LogP contribution in [0, 0.1) is 6.92 Å². The SMILES string of the molecule is CCNC(=NCCc1ncc(C)s1)N1CCN(c2ccccn2)CC1. The monoisotopic (exact) mass is 358 g/mol. The van der Waals surface area contributed by atoms with Crippen LogP contribution in [0.4, 0.5) is 5.82 Å². The van der Waals surface area contributed by atoms with Crippen LogP contribution in [0.15, 0.2) is 35.6 Å². The van der Waals surface area contributed by atoms with Gasteiger partial charge in [0, 0.05) is 63.0 Å². The summed E-state index contributed by atoms with van der Waals surface area (Å²) in [4.78, 5) is 19.6. The van der Waals surface area contributed by atoms with Gasteiger partial charge in [-0.15, -0.1) is 11.3 Å². The first-order valence-corrected chi connectivity index (χ1v) is 9.68. The number of aliphatic imine (C=N–C) groups is 1. The molecule has 1 aliphatic heterocycles. The summed E-state index contributed by atoms with van der Waals surface area (Å²) in [6, 6.07) is 6.07. The van der Waals surface area contributed by atoms with Crippen LogP contribution in [0.5, 0.6) is 0 Å². The van der Waals surface area contributed by atoms with Crippen molar-refractivity contribution in [2.75, 3.05) is 44.2 Å². The van der Waals surface area contributed by atoms with E-state index in [2.05, 4.69) is 45.0 Å². The number of piperazine rings is 1. The highest BCUT2D eigenvalue weighted by Gasteiger charge is 2.20. The van der Waals surface area contributed by atoms with Crippen molar-refractivity contribution in [3.05, 3.63) is 40.5 Å². The van der Waals surface area contributed by atoms with Crippen molar-refractivity contribution >= 4 is 23.1 Å². The van der Waals surface area contributed by atoms with Crippen LogP contribution in [0.25, 0.3) is 0 Å². The lowest BCUT2D eigenvalue weighted by atomic mass is 10.3. The van der Waals surface area contributed by atoms with Crippen molar-refractivity contribution in [1.29, 1.82) is 0 Å². The van der Waals surface area contributed by atoms with Crippen LogP contribution in [-0.4, -0.2) is 60.1 Å². The molecule has 3 heterocycles. The van der Waals surface area contributed by atoms with Crippen LogP contribution >= 0.6 is 11.3 Å². The number of thiazole rings is 1. The molecule has 0 aromatic carbocycles. The third-order valence-corrected chi connectivity index (χ3v) is 5.12. The van der Waals surface area contributed by atoms with Crippen LogP contribution in [-0.2, 0) is 6.42 Å². The summed E-state index contributed by atoms with van der Waals surface area (Å²) in [7, 11) is 0. The van der Waals surface area contributed by atoms with E-state index >= 15 is 0 Å². The molecule has 0 spiro atoms. The van der Waals surface area contributed by atoms with Crippen molar-refractivity contribution in [2.24, 2.45) is 4.99 Å². The summed E-state index contributed by atoms with van der Waals surface area (Å²) >= 11 is 1.76. The lowest BCUT2D eigenvalue weighted by Gasteiger charge is -2.37. The zero-order chi connectivity index (χ0) is 17.5. The summed E-state index contributed by atoms with van der Waals surface area (Å²) in [6.45, 7) is 9.71. The maximum atomic E-state index is 4.80. The molecule has 0 atom stereocenters. The normalized spacial score (nSPS) is 15.5. The first-order valence-electron chi connectivity index (χ1n) is 8.87. The molecule has 25 heavy (non-hydrogen) atoms. The summed E-state index contributed by atoms with van der Waals surface area (Å²) in [5.41, 5.74) is 0. The number of aryl methyl sites for hydroxylation is 1. The van der Waals surface area contributed by atoms with E-state index in [1.165, 1.54) is 4.88 Å². The number of nitrogens with one attached hydrogen (secondary N) is 1. The summed E-state index contributed by atoms with van der Waals surface area (Å²) in [5.74, 6) is 2.07. The largest absolute Gasteiger partial charge is 0.357 e. The van der Waals surface area contributed by atoms with Gasteiger partial charge in [-0.25, -0.2) is 9.97 Å². The Morgan fingerprint density at radius 1 is 1.24 bits per heavy atom. The molecule has 7 heteroatoms. The molecule has 0 unspecified atom stereocenters. The Bertz CT molecular complexity index is 676. The number of guanidine groups is 1. The summed E-state index contributed by atoms with van der Waals surface area (Å²) in [5, 5.41) is 4.59. The Kier molecular flexibility index (Phi) is 6.22. The van der Waals surface area contributed by atoms with Gasteiger partial charge in [0.15, 0.2) is 5.96 Å². The molecule has 1 aliphatic rings. The van der Waals surface area contributed by atoms with Gasteiger partial charge in [0.1, 0.15) is 5.82 Å². The second kappa shape index (κ2) is 8.80. The van der Waals surface area contributed by atoms with Crippen LogP contribution in [0.2, 0.25) is 0 Å². The molecule has 0 saturated carbocycles. The second-order valence-electron chi connectivity index (χ2n) is 6.01. The van der Waals surface area contributed by atoms with Crippen LogP contribution in [0.1, 0.15) is 16.8 Å². The van der Waals surface area contributed by atoms with E-state index in [0.29, 0.717) is 0 Å². The molecule has 1 fully saturated rings. The quantitative estimate of drug-likeness (QED) is 0.656. The van der Waals surface area contributed by atoms with Gasteiger partial charge in [0.05, 0.1) is 5.01 Å². The van der Waals surface area contributed by atoms with Gasteiger partial charge in [-0.1, -0.05) is 6.07 Å². The minimum atomic E-state index is 0.774. The smallest absolute Gasteiger partial charge is 0.194 e. The second-order valence-corrected chi connectivity index (χ2v) is 7.33. The van der Waals surface area contributed by atoms with E-state index in [0.717, 1.165) is 62.5 Å². The predicted molar refractivity (Wildman–Crippen MR) is 105 cm³/mol. The molecule has 2 aromatic rings. The first kappa shape index (κ1) is 17.7. The molecule has 2 aromatic heterocycles. The van der Waals surface area contributed by atoms with Crippen LogP contribution in [0.3, 0.4) is 0 Å². The highest BCUT2D eigenvalue weighted by atomic mass is 32.1. The van der Waals surface area contributed by atoms with E-state index < -0.39 is 0 Å². The number of hydrogen-bond acceptors (Lipinski definition) is 5. The Morgan fingerprint density at radius 3 is 2.72 bits per heavy atom. The van der Waals surface area contributed by atoms with Gasteiger partial charge >= 0.3 is 0 Å². The number of aromatic nitrogens is 2. The molecule has 0 radical (unpaired) electrons.